The molecule has 20 heavy (non-hydrogen) atoms. The van der Waals surface area contributed by atoms with Gasteiger partial charge in [0.15, 0.2) is 0 Å². The molecular weight excluding hydrogens is 264 g/mol. The summed E-state index contributed by atoms with van der Waals surface area (Å²) in [6.45, 7) is 0. The molecular formula is C17H17N2S-. The van der Waals surface area contributed by atoms with E-state index >= 15 is 0 Å². The molecule has 1 heterocycles. The summed E-state index contributed by atoms with van der Waals surface area (Å²) in [5.41, 5.74) is 3.55. The molecule has 3 rings (SSSR count). The molecule has 0 N–H and O–H groups in total. The second-order valence-electron chi connectivity index (χ2n) is 5.03. The molecule has 2 nitrogen and oxygen atoms in total. The van der Waals surface area contributed by atoms with E-state index < -0.39 is 0 Å². The van der Waals surface area contributed by atoms with E-state index in [0.717, 1.165) is 10.7 Å². The average molecular weight is 281 g/mol. The SMILES string of the molecule is CN1C([S-])=C(c2ccccc2)N(C)C1c1ccccc1. The first kappa shape index (κ1) is 13.0. The molecule has 1 unspecified atom stereocenters. The van der Waals surface area contributed by atoms with Crippen LogP contribution >= 0.6 is 0 Å². The van der Waals surface area contributed by atoms with E-state index in [-0.39, 0.29) is 6.17 Å². The number of benzene rings is 2. The van der Waals surface area contributed by atoms with Crippen molar-refractivity contribution in [2.24, 2.45) is 0 Å². The quantitative estimate of drug-likeness (QED) is 0.779. The molecule has 0 aliphatic carbocycles. The predicted octanol–water partition coefficient (Wildman–Crippen LogP) is 3.44. The zero-order chi connectivity index (χ0) is 14.1. The van der Waals surface area contributed by atoms with Gasteiger partial charge in [-0.1, -0.05) is 65.7 Å². The van der Waals surface area contributed by atoms with Crippen molar-refractivity contribution in [2.45, 2.75) is 6.17 Å². The first-order valence-corrected chi connectivity index (χ1v) is 7.08. The standard InChI is InChI=1S/C17H18N2S/c1-18-15(13-9-5-3-6-10-13)17(20)19(2)16(18)14-11-7-4-8-12-14/h3-12,16,20H,1-2H3/p-1. The van der Waals surface area contributed by atoms with Crippen LogP contribution < -0.4 is 0 Å². The Kier molecular flexibility index (Phi) is 3.36. The van der Waals surface area contributed by atoms with Crippen molar-refractivity contribution >= 4 is 18.3 Å². The molecule has 0 bridgehead atoms. The number of rotatable bonds is 2. The molecule has 0 aromatic heterocycles. The third-order valence-electron chi connectivity index (χ3n) is 3.75. The molecule has 0 fully saturated rings. The number of hydrogen-bond acceptors (Lipinski definition) is 3. The minimum atomic E-state index is 0.166. The van der Waals surface area contributed by atoms with Gasteiger partial charge in [-0.15, -0.1) is 0 Å². The summed E-state index contributed by atoms with van der Waals surface area (Å²) in [5, 5.41) is 0.896. The smallest absolute Gasteiger partial charge is 0.126 e. The van der Waals surface area contributed by atoms with Crippen molar-refractivity contribution in [3.8, 4) is 0 Å². The van der Waals surface area contributed by atoms with Gasteiger partial charge in [-0.2, -0.15) is 0 Å². The predicted molar refractivity (Wildman–Crippen MR) is 85.4 cm³/mol. The van der Waals surface area contributed by atoms with Gasteiger partial charge < -0.3 is 22.4 Å². The van der Waals surface area contributed by atoms with Gasteiger partial charge in [0.1, 0.15) is 6.17 Å². The molecule has 1 atom stereocenters. The third kappa shape index (κ3) is 2.04. The van der Waals surface area contributed by atoms with Crippen LogP contribution in [0.25, 0.3) is 5.70 Å². The summed E-state index contributed by atoms with van der Waals surface area (Å²) < 4.78 is 0. The van der Waals surface area contributed by atoms with E-state index in [1.165, 1.54) is 11.1 Å². The van der Waals surface area contributed by atoms with E-state index in [1.807, 2.05) is 12.1 Å². The zero-order valence-electron chi connectivity index (χ0n) is 11.7. The van der Waals surface area contributed by atoms with Gasteiger partial charge in [0.2, 0.25) is 0 Å². The second kappa shape index (κ2) is 5.17. The highest BCUT2D eigenvalue weighted by molar-refractivity contribution is 7.63. The fraction of sp³-hybridized carbons (Fsp3) is 0.176. The third-order valence-corrected chi connectivity index (χ3v) is 4.24. The molecule has 0 amide bonds. The Morgan fingerprint density at radius 2 is 1.35 bits per heavy atom. The van der Waals surface area contributed by atoms with Gasteiger partial charge in [-0.25, -0.2) is 0 Å². The van der Waals surface area contributed by atoms with Gasteiger partial charge in [0.05, 0.1) is 0 Å². The van der Waals surface area contributed by atoms with Gasteiger partial charge in [0, 0.05) is 19.8 Å². The molecule has 1 aliphatic heterocycles. The van der Waals surface area contributed by atoms with Crippen molar-refractivity contribution in [2.75, 3.05) is 14.1 Å². The van der Waals surface area contributed by atoms with Gasteiger partial charge in [-0.05, 0) is 11.1 Å². The first-order chi connectivity index (χ1) is 9.70. The first-order valence-electron chi connectivity index (χ1n) is 6.67. The summed E-state index contributed by atoms with van der Waals surface area (Å²) >= 11 is 5.65. The molecule has 0 spiro atoms. The van der Waals surface area contributed by atoms with Gasteiger partial charge in [-0.3, -0.25) is 0 Å². The zero-order valence-corrected chi connectivity index (χ0v) is 12.5. The lowest BCUT2D eigenvalue weighted by atomic mass is 10.1. The Hall–Kier alpha value is -2.00. The molecule has 102 valence electrons. The van der Waals surface area contributed by atoms with Gasteiger partial charge in [0.25, 0.3) is 0 Å². The Morgan fingerprint density at radius 3 is 1.95 bits per heavy atom. The lowest BCUT2D eigenvalue weighted by Gasteiger charge is -2.32. The van der Waals surface area contributed by atoms with Crippen LogP contribution in [0.1, 0.15) is 17.3 Å². The molecule has 0 saturated heterocycles. The summed E-state index contributed by atoms with van der Waals surface area (Å²) in [5.74, 6) is 0. The van der Waals surface area contributed by atoms with Crippen LogP contribution in [-0.2, 0) is 12.6 Å². The highest BCUT2D eigenvalue weighted by Crippen LogP contribution is 2.40. The van der Waals surface area contributed by atoms with E-state index in [1.54, 1.807) is 0 Å². The largest absolute Gasteiger partial charge is 0.761 e. The lowest BCUT2D eigenvalue weighted by molar-refractivity contribution is 0.213. The molecule has 2 aromatic rings. The van der Waals surface area contributed by atoms with Crippen LogP contribution in [0.5, 0.6) is 0 Å². The van der Waals surface area contributed by atoms with Crippen LogP contribution in [0.15, 0.2) is 65.7 Å². The Balaban J connectivity index is 2.02. The number of nitrogens with zero attached hydrogens (tertiary/aromatic N) is 2. The summed E-state index contributed by atoms with van der Waals surface area (Å²) in [6.07, 6.45) is 0.166. The van der Waals surface area contributed by atoms with Crippen molar-refractivity contribution < 1.29 is 0 Å². The molecule has 2 aromatic carbocycles. The summed E-state index contributed by atoms with van der Waals surface area (Å²) in [4.78, 5) is 4.42. The maximum atomic E-state index is 5.65. The van der Waals surface area contributed by atoms with Crippen LogP contribution in [0.4, 0.5) is 0 Å². The van der Waals surface area contributed by atoms with E-state index in [0.29, 0.717) is 0 Å². The molecule has 3 heteroatoms. The molecule has 0 saturated carbocycles. The van der Waals surface area contributed by atoms with Crippen LogP contribution in [0.2, 0.25) is 0 Å². The van der Waals surface area contributed by atoms with Crippen LogP contribution in [0, 0.1) is 0 Å². The van der Waals surface area contributed by atoms with Crippen molar-refractivity contribution in [1.82, 2.24) is 9.80 Å². The van der Waals surface area contributed by atoms with Crippen molar-refractivity contribution in [3.63, 3.8) is 0 Å². The maximum absolute atomic E-state index is 5.65. The Morgan fingerprint density at radius 1 is 0.800 bits per heavy atom. The fourth-order valence-corrected chi connectivity index (χ4v) is 3.17. The highest BCUT2D eigenvalue weighted by Gasteiger charge is 2.29. The molecule has 1 aliphatic rings. The normalized spacial score (nSPS) is 18.8. The summed E-state index contributed by atoms with van der Waals surface area (Å²) in [7, 11) is 4.17. The monoisotopic (exact) mass is 281 g/mol. The second-order valence-corrected chi connectivity index (χ2v) is 5.41. The molecule has 0 radical (unpaired) electrons. The van der Waals surface area contributed by atoms with Crippen LogP contribution in [0.3, 0.4) is 0 Å². The number of hydrogen-bond donors (Lipinski definition) is 0. The van der Waals surface area contributed by atoms with Crippen molar-refractivity contribution in [1.29, 1.82) is 0 Å². The lowest BCUT2D eigenvalue weighted by Crippen LogP contribution is -2.27. The summed E-state index contributed by atoms with van der Waals surface area (Å²) in [6, 6.07) is 20.8. The Bertz CT molecular complexity index is 622. The van der Waals surface area contributed by atoms with E-state index in [2.05, 4.69) is 72.4 Å². The van der Waals surface area contributed by atoms with E-state index in [9.17, 15) is 0 Å². The fourth-order valence-electron chi connectivity index (χ4n) is 2.81. The Labute approximate surface area is 125 Å². The highest BCUT2D eigenvalue weighted by atomic mass is 32.1. The van der Waals surface area contributed by atoms with Crippen LogP contribution in [-0.4, -0.2) is 23.9 Å². The minimum Gasteiger partial charge on any atom is -0.761 e. The topological polar surface area (TPSA) is 6.48 Å². The van der Waals surface area contributed by atoms with Crippen molar-refractivity contribution in [3.05, 3.63) is 76.8 Å². The minimum absolute atomic E-state index is 0.166. The van der Waals surface area contributed by atoms with Gasteiger partial charge >= 0.3 is 0 Å². The average Bonchev–Trinajstić information content (AvgIpc) is 2.71. The maximum Gasteiger partial charge on any atom is 0.126 e. The van der Waals surface area contributed by atoms with E-state index in [4.69, 9.17) is 12.6 Å².